The fourth-order valence-corrected chi connectivity index (χ4v) is 3.39. The topological polar surface area (TPSA) is 51.0 Å². The molecule has 128 valence electrons. The van der Waals surface area contributed by atoms with Crippen molar-refractivity contribution in [3.63, 3.8) is 0 Å². The minimum absolute atomic E-state index is 0.0291. The molecule has 3 rings (SSSR count). The van der Waals surface area contributed by atoms with Gasteiger partial charge in [-0.15, -0.1) is 0 Å². The minimum Gasteiger partial charge on any atom is -0.303 e. The van der Waals surface area contributed by atoms with Gasteiger partial charge < -0.3 is 4.90 Å². The van der Waals surface area contributed by atoms with Crippen LogP contribution in [0.4, 0.5) is 0 Å². The third-order valence-electron chi connectivity index (χ3n) is 4.64. The summed E-state index contributed by atoms with van der Waals surface area (Å²) in [6, 6.07) is 5.37. The fraction of sp³-hybridized carbons (Fsp3) is 0.526. The Kier molecular flexibility index (Phi) is 5.41. The first kappa shape index (κ1) is 16.8. The maximum absolute atomic E-state index is 12.4. The first-order valence-electron chi connectivity index (χ1n) is 8.81. The molecule has 0 atom stereocenters. The zero-order valence-electron chi connectivity index (χ0n) is 14.6. The molecule has 1 aliphatic heterocycles. The molecule has 0 unspecified atom stereocenters. The second kappa shape index (κ2) is 7.71. The second-order valence-corrected chi connectivity index (χ2v) is 7.14. The summed E-state index contributed by atoms with van der Waals surface area (Å²) in [6.45, 7) is 8.76. The standard InChI is InChI=1S/C19H26N4O/c1-15(2)12-22-9-5-16(6-10-22)13-23-14-21-18(11-19(23)24)17-3-7-20-8-4-17/h3-4,7-8,11,14-16H,5-6,9-10,12-13H2,1-2H3. The van der Waals surface area contributed by atoms with Gasteiger partial charge in [-0.25, -0.2) is 4.98 Å². The number of pyridine rings is 1. The van der Waals surface area contributed by atoms with E-state index in [1.54, 1.807) is 29.4 Å². The Morgan fingerprint density at radius 1 is 1.21 bits per heavy atom. The molecule has 2 aromatic heterocycles. The highest BCUT2D eigenvalue weighted by Gasteiger charge is 2.20. The van der Waals surface area contributed by atoms with Crippen molar-refractivity contribution in [3.05, 3.63) is 47.3 Å². The van der Waals surface area contributed by atoms with Gasteiger partial charge in [-0.3, -0.25) is 14.3 Å². The molecule has 5 heteroatoms. The van der Waals surface area contributed by atoms with Crippen LogP contribution in [0.2, 0.25) is 0 Å². The molecule has 0 N–H and O–H groups in total. The van der Waals surface area contributed by atoms with E-state index < -0.39 is 0 Å². The van der Waals surface area contributed by atoms with E-state index in [0.29, 0.717) is 17.5 Å². The summed E-state index contributed by atoms with van der Waals surface area (Å²) >= 11 is 0. The minimum atomic E-state index is 0.0291. The highest BCUT2D eigenvalue weighted by Crippen LogP contribution is 2.19. The van der Waals surface area contributed by atoms with Gasteiger partial charge in [0.15, 0.2) is 0 Å². The lowest BCUT2D eigenvalue weighted by Gasteiger charge is -2.33. The summed E-state index contributed by atoms with van der Waals surface area (Å²) < 4.78 is 1.76. The maximum atomic E-state index is 12.4. The van der Waals surface area contributed by atoms with E-state index in [9.17, 15) is 4.79 Å². The average molecular weight is 326 g/mol. The number of hydrogen-bond donors (Lipinski definition) is 0. The monoisotopic (exact) mass is 326 g/mol. The maximum Gasteiger partial charge on any atom is 0.253 e. The summed E-state index contributed by atoms with van der Waals surface area (Å²) in [5, 5.41) is 0. The lowest BCUT2D eigenvalue weighted by atomic mass is 9.96. The van der Waals surface area contributed by atoms with Crippen molar-refractivity contribution in [2.75, 3.05) is 19.6 Å². The van der Waals surface area contributed by atoms with Gasteiger partial charge in [-0.05, 0) is 49.9 Å². The summed E-state index contributed by atoms with van der Waals surface area (Å²) in [5.74, 6) is 1.29. The number of rotatable bonds is 5. The first-order valence-corrected chi connectivity index (χ1v) is 8.81. The number of nitrogens with zero attached hydrogens (tertiary/aromatic N) is 4. The summed E-state index contributed by atoms with van der Waals surface area (Å²) in [5.41, 5.74) is 1.67. The number of hydrogen-bond acceptors (Lipinski definition) is 4. The van der Waals surface area contributed by atoms with E-state index in [0.717, 1.165) is 38.0 Å². The molecule has 0 aromatic carbocycles. The van der Waals surface area contributed by atoms with Crippen LogP contribution < -0.4 is 5.56 Å². The smallest absolute Gasteiger partial charge is 0.253 e. The van der Waals surface area contributed by atoms with Crippen LogP contribution in [0.5, 0.6) is 0 Å². The Labute approximate surface area is 143 Å². The van der Waals surface area contributed by atoms with Gasteiger partial charge in [0.2, 0.25) is 0 Å². The Balaban J connectivity index is 1.62. The molecule has 0 saturated carbocycles. The van der Waals surface area contributed by atoms with E-state index in [1.807, 2.05) is 12.1 Å². The predicted octanol–water partition coefficient (Wildman–Crippen LogP) is 2.67. The largest absolute Gasteiger partial charge is 0.303 e. The predicted molar refractivity (Wildman–Crippen MR) is 95.7 cm³/mol. The van der Waals surface area contributed by atoms with Gasteiger partial charge >= 0.3 is 0 Å². The average Bonchev–Trinajstić information content (AvgIpc) is 2.59. The van der Waals surface area contributed by atoms with Crippen molar-refractivity contribution in [1.82, 2.24) is 19.4 Å². The normalized spacial score (nSPS) is 16.6. The summed E-state index contributed by atoms with van der Waals surface area (Å²) in [6.07, 6.45) is 7.44. The number of piperidine rings is 1. The van der Waals surface area contributed by atoms with E-state index in [2.05, 4.69) is 28.7 Å². The molecule has 1 saturated heterocycles. The SMILES string of the molecule is CC(C)CN1CCC(Cn2cnc(-c3ccncc3)cc2=O)CC1. The summed E-state index contributed by atoms with van der Waals surface area (Å²) in [4.78, 5) is 23.4. The van der Waals surface area contributed by atoms with E-state index in [1.165, 1.54) is 6.54 Å². The van der Waals surface area contributed by atoms with Crippen LogP contribution >= 0.6 is 0 Å². The zero-order valence-corrected chi connectivity index (χ0v) is 14.6. The molecule has 1 aliphatic rings. The van der Waals surface area contributed by atoms with E-state index in [-0.39, 0.29) is 5.56 Å². The molecule has 0 bridgehead atoms. The molecular formula is C19H26N4O. The third-order valence-corrected chi connectivity index (χ3v) is 4.64. The molecule has 24 heavy (non-hydrogen) atoms. The van der Waals surface area contributed by atoms with Crippen LogP contribution in [0, 0.1) is 11.8 Å². The lowest BCUT2D eigenvalue weighted by molar-refractivity contribution is 0.158. The first-order chi connectivity index (χ1) is 11.6. The fourth-order valence-electron chi connectivity index (χ4n) is 3.39. The Morgan fingerprint density at radius 2 is 1.92 bits per heavy atom. The Hall–Kier alpha value is -2.01. The van der Waals surface area contributed by atoms with Crippen LogP contribution in [-0.2, 0) is 6.54 Å². The van der Waals surface area contributed by atoms with Crippen molar-refractivity contribution >= 4 is 0 Å². The molecule has 0 amide bonds. The van der Waals surface area contributed by atoms with Gasteiger partial charge in [-0.1, -0.05) is 13.8 Å². The molecule has 0 radical (unpaired) electrons. The van der Waals surface area contributed by atoms with E-state index in [4.69, 9.17) is 0 Å². The second-order valence-electron chi connectivity index (χ2n) is 7.14. The lowest BCUT2D eigenvalue weighted by Crippen LogP contribution is -2.38. The molecule has 0 spiro atoms. The van der Waals surface area contributed by atoms with Gasteiger partial charge in [-0.2, -0.15) is 0 Å². The van der Waals surface area contributed by atoms with Crippen molar-refractivity contribution in [3.8, 4) is 11.3 Å². The van der Waals surface area contributed by atoms with Crippen LogP contribution in [0.15, 0.2) is 41.7 Å². The summed E-state index contributed by atoms with van der Waals surface area (Å²) in [7, 11) is 0. The molecule has 2 aromatic rings. The van der Waals surface area contributed by atoms with Crippen molar-refractivity contribution in [2.24, 2.45) is 11.8 Å². The van der Waals surface area contributed by atoms with Gasteiger partial charge in [0.25, 0.3) is 5.56 Å². The highest BCUT2D eigenvalue weighted by atomic mass is 16.1. The Morgan fingerprint density at radius 3 is 2.54 bits per heavy atom. The molecule has 5 nitrogen and oxygen atoms in total. The molecular weight excluding hydrogens is 300 g/mol. The van der Waals surface area contributed by atoms with Crippen LogP contribution in [0.1, 0.15) is 26.7 Å². The quantitative estimate of drug-likeness (QED) is 0.848. The molecule has 0 aliphatic carbocycles. The van der Waals surface area contributed by atoms with Gasteiger partial charge in [0, 0.05) is 37.1 Å². The van der Waals surface area contributed by atoms with Crippen molar-refractivity contribution in [1.29, 1.82) is 0 Å². The van der Waals surface area contributed by atoms with E-state index >= 15 is 0 Å². The zero-order chi connectivity index (χ0) is 16.9. The number of aromatic nitrogens is 3. The number of likely N-dealkylation sites (tertiary alicyclic amines) is 1. The molecule has 1 fully saturated rings. The van der Waals surface area contributed by atoms with Gasteiger partial charge in [0.1, 0.15) is 0 Å². The highest BCUT2D eigenvalue weighted by molar-refractivity contribution is 5.57. The molecule has 3 heterocycles. The van der Waals surface area contributed by atoms with Crippen LogP contribution in [0.3, 0.4) is 0 Å². The third kappa shape index (κ3) is 4.29. The van der Waals surface area contributed by atoms with Crippen LogP contribution in [0.25, 0.3) is 11.3 Å². The van der Waals surface area contributed by atoms with Crippen molar-refractivity contribution in [2.45, 2.75) is 33.2 Å². The van der Waals surface area contributed by atoms with Gasteiger partial charge in [0.05, 0.1) is 12.0 Å². The Bertz CT molecular complexity index is 703. The van der Waals surface area contributed by atoms with Crippen molar-refractivity contribution < 1.29 is 0 Å². The van der Waals surface area contributed by atoms with Crippen LogP contribution in [-0.4, -0.2) is 39.1 Å².